The van der Waals surface area contributed by atoms with Gasteiger partial charge in [0.2, 0.25) is 5.91 Å². The fraction of sp³-hybridized carbons (Fsp3) is 0.273. The van der Waals surface area contributed by atoms with Crippen molar-refractivity contribution in [2.75, 3.05) is 18.0 Å². The zero-order valence-corrected chi connectivity index (χ0v) is 16.1. The summed E-state index contributed by atoms with van der Waals surface area (Å²) in [6.07, 6.45) is 2.54. The fourth-order valence-electron chi connectivity index (χ4n) is 3.24. The lowest BCUT2D eigenvalue weighted by molar-refractivity contribution is -0.385. The Morgan fingerprint density at radius 1 is 1.21 bits per heavy atom. The molecule has 1 aliphatic heterocycles. The van der Waals surface area contributed by atoms with Crippen molar-refractivity contribution >= 4 is 23.2 Å². The van der Waals surface area contributed by atoms with Crippen LogP contribution in [0.4, 0.5) is 11.4 Å². The second-order valence-corrected chi connectivity index (χ2v) is 6.74. The summed E-state index contributed by atoms with van der Waals surface area (Å²) in [7, 11) is 0. The molecule has 0 saturated carbocycles. The number of nitro groups is 1. The summed E-state index contributed by atoms with van der Waals surface area (Å²) in [5.41, 5.74) is 2.15. The summed E-state index contributed by atoms with van der Waals surface area (Å²) in [6, 6.07) is 11.8. The van der Waals surface area contributed by atoms with E-state index >= 15 is 0 Å². The minimum atomic E-state index is -0.507. The first-order chi connectivity index (χ1) is 14.0. The van der Waals surface area contributed by atoms with E-state index in [0.717, 1.165) is 30.6 Å². The number of piperidine rings is 1. The van der Waals surface area contributed by atoms with Crippen molar-refractivity contribution in [1.29, 1.82) is 0 Å². The number of nitro benzene ring substituents is 1. The molecule has 0 aromatic heterocycles. The summed E-state index contributed by atoms with van der Waals surface area (Å²) < 4.78 is 0. The molecule has 1 saturated heterocycles. The molecule has 0 atom stereocenters. The SMILES string of the molecule is Cc1c(C(=O)NCC#Cc2ccc(N3CCCCC3=O)cc2)cccc1[N+](=O)[O-]. The molecule has 2 aromatic carbocycles. The zero-order chi connectivity index (χ0) is 20.8. The van der Waals surface area contributed by atoms with E-state index in [4.69, 9.17) is 0 Å². The van der Waals surface area contributed by atoms with E-state index in [1.165, 1.54) is 12.1 Å². The largest absolute Gasteiger partial charge is 0.341 e. The van der Waals surface area contributed by atoms with Gasteiger partial charge in [0.1, 0.15) is 0 Å². The Bertz CT molecular complexity index is 1000. The number of hydrogen-bond acceptors (Lipinski definition) is 4. The topological polar surface area (TPSA) is 92.6 Å². The van der Waals surface area contributed by atoms with Crippen LogP contribution in [0.1, 0.15) is 40.7 Å². The van der Waals surface area contributed by atoms with Crippen LogP contribution < -0.4 is 10.2 Å². The van der Waals surface area contributed by atoms with Gasteiger partial charge in [-0.15, -0.1) is 0 Å². The van der Waals surface area contributed by atoms with Gasteiger partial charge < -0.3 is 10.2 Å². The molecule has 0 radical (unpaired) electrons. The van der Waals surface area contributed by atoms with Gasteiger partial charge in [0.25, 0.3) is 11.6 Å². The van der Waals surface area contributed by atoms with E-state index in [9.17, 15) is 19.7 Å². The predicted octanol–water partition coefficient (Wildman–Crippen LogP) is 3.20. The van der Waals surface area contributed by atoms with E-state index < -0.39 is 10.8 Å². The van der Waals surface area contributed by atoms with Crippen LogP contribution in [-0.4, -0.2) is 29.8 Å². The maximum atomic E-state index is 12.3. The highest BCUT2D eigenvalue weighted by Crippen LogP contribution is 2.22. The first-order valence-corrected chi connectivity index (χ1v) is 9.39. The molecular weight excluding hydrogens is 370 g/mol. The third-order valence-corrected chi connectivity index (χ3v) is 4.82. The third kappa shape index (κ3) is 4.79. The highest BCUT2D eigenvalue weighted by atomic mass is 16.6. The number of hydrogen-bond donors (Lipinski definition) is 1. The first-order valence-electron chi connectivity index (χ1n) is 9.39. The van der Waals surface area contributed by atoms with Gasteiger partial charge in [-0.05, 0) is 50.1 Å². The van der Waals surface area contributed by atoms with Crippen molar-refractivity contribution in [2.24, 2.45) is 0 Å². The van der Waals surface area contributed by atoms with Crippen LogP contribution in [0.15, 0.2) is 42.5 Å². The van der Waals surface area contributed by atoms with Crippen LogP contribution in [0, 0.1) is 28.9 Å². The smallest absolute Gasteiger partial charge is 0.273 e. The maximum absolute atomic E-state index is 12.3. The normalized spacial score (nSPS) is 13.4. The van der Waals surface area contributed by atoms with E-state index in [1.807, 2.05) is 24.3 Å². The standard InChI is InChI=1S/C22H21N3O4/c1-16-19(7-4-8-20(16)25(28)29)22(27)23-14-5-6-17-10-12-18(13-11-17)24-15-3-2-9-21(24)26/h4,7-8,10-13H,2-3,9,14-15H2,1H3,(H,23,27). The summed E-state index contributed by atoms with van der Waals surface area (Å²) in [5, 5.41) is 13.6. The minimum absolute atomic E-state index is 0.0870. The highest BCUT2D eigenvalue weighted by molar-refractivity contribution is 5.96. The van der Waals surface area contributed by atoms with Crippen LogP contribution >= 0.6 is 0 Å². The quantitative estimate of drug-likeness (QED) is 0.492. The first kappa shape index (κ1) is 20.1. The van der Waals surface area contributed by atoms with Crippen LogP contribution in [0.3, 0.4) is 0 Å². The number of nitrogens with one attached hydrogen (secondary N) is 1. The molecular formula is C22H21N3O4. The number of anilines is 1. The Kier molecular flexibility index (Phi) is 6.25. The lowest BCUT2D eigenvalue weighted by atomic mass is 10.1. The predicted molar refractivity (Wildman–Crippen MR) is 110 cm³/mol. The Hall–Kier alpha value is -3.66. The molecule has 3 rings (SSSR count). The van der Waals surface area contributed by atoms with Gasteiger partial charge in [0.15, 0.2) is 0 Å². The monoisotopic (exact) mass is 391 g/mol. The average Bonchev–Trinajstić information content (AvgIpc) is 2.72. The van der Waals surface area contributed by atoms with Crippen LogP contribution in [0.25, 0.3) is 0 Å². The molecule has 1 aliphatic rings. The summed E-state index contributed by atoms with van der Waals surface area (Å²) in [5.74, 6) is 5.58. The Labute approximate surface area is 168 Å². The molecule has 1 fully saturated rings. The summed E-state index contributed by atoms with van der Waals surface area (Å²) in [4.78, 5) is 36.5. The number of amides is 2. The minimum Gasteiger partial charge on any atom is -0.341 e. The van der Waals surface area contributed by atoms with Crippen molar-refractivity contribution in [3.8, 4) is 11.8 Å². The molecule has 0 bridgehead atoms. The number of nitrogens with zero attached hydrogens (tertiary/aromatic N) is 2. The van der Waals surface area contributed by atoms with Crippen molar-refractivity contribution in [2.45, 2.75) is 26.2 Å². The molecule has 29 heavy (non-hydrogen) atoms. The average molecular weight is 391 g/mol. The molecule has 0 aliphatic carbocycles. The zero-order valence-electron chi connectivity index (χ0n) is 16.1. The van der Waals surface area contributed by atoms with Crippen molar-refractivity contribution in [3.05, 3.63) is 69.3 Å². The number of carbonyl (C=O) groups is 2. The van der Waals surface area contributed by atoms with Gasteiger partial charge in [0, 0.05) is 41.4 Å². The third-order valence-electron chi connectivity index (χ3n) is 4.82. The van der Waals surface area contributed by atoms with E-state index in [-0.39, 0.29) is 23.7 Å². The molecule has 1 N–H and O–H groups in total. The van der Waals surface area contributed by atoms with Gasteiger partial charge in [-0.2, -0.15) is 0 Å². The number of carbonyl (C=O) groups excluding carboxylic acids is 2. The van der Waals surface area contributed by atoms with Gasteiger partial charge in [0.05, 0.1) is 11.5 Å². The van der Waals surface area contributed by atoms with E-state index in [1.54, 1.807) is 17.9 Å². The molecule has 7 nitrogen and oxygen atoms in total. The number of rotatable bonds is 4. The van der Waals surface area contributed by atoms with E-state index in [0.29, 0.717) is 12.0 Å². The summed E-state index contributed by atoms with van der Waals surface area (Å²) in [6.45, 7) is 2.41. The fourth-order valence-corrected chi connectivity index (χ4v) is 3.24. The molecule has 0 spiro atoms. The van der Waals surface area contributed by atoms with Crippen LogP contribution in [0.2, 0.25) is 0 Å². The Balaban J connectivity index is 1.59. The van der Waals surface area contributed by atoms with Crippen molar-refractivity contribution in [3.63, 3.8) is 0 Å². The van der Waals surface area contributed by atoms with Gasteiger partial charge >= 0.3 is 0 Å². The number of benzene rings is 2. The summed E-state index contributed by atoms with van der Waals surface area (Å²) >= 11 is 0. The molecule has 1 heterocycles. The highest BCUT2D eigenvalue weighted by Gasteiger charge is 2.19. The van der Waals surface area contributed by atoms with Gasteiger partial charge in [-0.25, -0.2) is 0 Å². The molecule has 2 amide bonds. The molecule has 148 valence electrons. The maximum Gasteiger partial charge on any atom is 0.273 e. The molecule has 7 heteroatoms. The van der Waals surface area contributed by atoms with Crippen LogP contribution in [0.5, 0.6) is 0 Å². The van der Waals surface area contributed by atoms with Crippen molar-refractivity contribution < 1.29 is 14.5 Å². The Morgan fingerprint density at radius 2 is 1.97 bits per heavy atom. The Morgan fingerprint density at radius 3 is 2.66 bits per heavy atom. The second-order valence-electron chi connectivity index (χ2n) is 6.74. The van der Waals surface area contributed by atoms with E-state index in [2.05, 4.69) is 17.2 Å². The van der Waals surface area contributed by atoms with Gasteiger partial charge in [-0.1, -0.05) is 17.9 Å². The lowest BCUT2D eigenvalue weighted by Gasteiger charge is -2.26. The second kappa shape index (κ2) is 9.02. The molecule has 0 unspecified atom stereocenters. The molecule has 2 aromatic rings. The van der Waals surface area contributed by atoms with Crippen molar-refractivity contribution in [1.82, 2.24) is 5.32 Å². The lowest BCUT2D eigenvalue weighted by Crippen LogP contribution is -2.35. The van der Waals surface area contributed by atoms with Crippen LogP contribution in [-0.2, 0) is 4.79 Å². The van der Waals surface area contributed by atoms with Gasteiger partial charge in [-0.3, -0.25) is 19.7 Å².